The monoisotopic (exact) mass is 423 g/mol. The van der Waals surface area contributed by atoms with Gasteiger partial charge in [0.05, 0.1) is 34.6 Å². The molecule has 0 unspecified atom stereocenters. The van der Waals surface area contributed by atoms with Crippen molar-refractivity contribution >= 4 is 23.5 Å². The van der Waals surface area contributed by atoms with Crippen molar-refractivity contribution in [2.75, 3.05) is 13.1 Å². The second-order valence-electron chi connectivity index (χ2n) is 6.71. The molecule has 3 aromatic rings. The van der Waals surface area contributed by atoms with Gasteiger partial charge in [-0.2, -0.15) is 5.06 Å². The molecule has 8 heteroatoms. The number of fused-ring (bicyclic) bond motifs is 2. The van der Waals surface area contributed by atoms with E-state index in [1.54, 1.807) is 29.3 Å². The first-order chi connectivity index (χ1) is 14.5. The van der Waals surface area contributed by atoms with Crippen LogP contribution in [0, 0.1) is 5.41 Å². The molecule has 30 heavy (non-hydrogen) atoms. The second-order valence-corrected chi connectivity index (χ2v) is 7.49. The van der Waals surface area contributed by atoms with Gasteiger partial charge >= 0.3 is 0 Å². The molecule has 7 nitrogen and oxygen atoms in total. The van der Waals surface area contributed by atoms with Gasteiger partial charge in [-0.3, -0.25) is 10.2 Å². The number of ketones is 1. The largest absolute Gasteiger partial charge is 0.494 e. The Hall–Kier alpha value is -2.91. The van der Waals surface area contributed by atoms with Gasteiger partial charge in [0.1, 0.15) is 0 Å². The SMILES string of the molecule is CCN(CC)OOSc1ccc(-c2[nH]c(O)c3c2C(=O)c2ccccc2C3=N)cc1. The number of hydrogen-bond acceptors (Lipinski definition) is 7. The predicted octanol–water partition coefficient (Wildman–Crippen LogP) is 4.56. The van der Waals surface area contributed by atoms with Crippen molar-refractivity contribution < 1.29 is 19.2 Å². The van der Waals surface area contributed by atoms with Crippen LogP contribution in [0.2, 0.25) is 0 Å². The molecule has 0 aliphatic heterocycles. The molecule has 1 aliphatic rings. The van der Waals surface area contributed by atoms with E-state index in [0.717, 1.165) is 22.5 Å². The standard InChI is InChI=1S/C22H21N3O4S/c1-3-25(4-2)28-29-30-14-11-9-13(10-12-14)20-18-17(22(27)24-20)19(23)15-7-5-6-8-16(15)21(18)26/h5-12,23-24,27H,3-4H2,1-2H3. The fourth-order valence-electron chi connectivity index (χ4n) is 3.45. The third kappa shape index (κ3) is 3.54. The number of carbonyl (C=O) groups is 1. The zero-order chi connectivity index (χ0) is 21.3. The smallest absolute Gasteiger partial charge is 0.199 e. The molecular formula is C22H21N3O4S. The Morgan fingerprint density at radius 3 is 2.37 bits per heavy atom. The lowest BCUT2D eigenvalue weighted by Crippen LogP contribution is -2.22. The number of hydrogen-bond donors (Lipinski definition) is 3. The molecule has 4 rings (SSSR count). The summed E-state index contributed by atoms with van der Waals surface area (Å²) in [7, 11) is 0. The van der Waals surface area contributed by atoms with E-state index in [2.05, 4.69) is 4.98 Å². The van der Waals surface area contributed by atoms with E-state index in [1.165, 1.54) is 0 Å². The third-order valence-electron chi connectivity index (χ3n) is 5.01. The molecule has 0 bridgehead atoms. The van der Waals surface area contributed by atoms with Crippen molar-refractivity contribution in [3.63, 3.8) is 0 Å². The molecule has 3 N–H and O–H groups in total. The van der Waals surface area contributed by atoms with Gasteiger partial charge in [-0.25, -0.2) is 0 Å². The van der Waals surface area contributed by atoms with E-state index in [0.29, 0.717) is 35.5 Å². The highest BCUT2D eigenvalue weighted by Gasteiger charge is 2.34. The molecule has 0 atom stereocenters. The van der Waals surface area contributed by atoms with Gasteiger partial charge in [-0.1, -0.05) is 36.4 Å². The first-order valence-electron chi connectivity index (χ1n) is 9.59. The van der Waals surface area contributed by atoms with Crippen molar-refractivity contribution in [3.8, 4) is 17.1 Å². The van der Waals surface area contributed by atoms with Crippen molar-refractivity contribution in [1.82, 2.24) is 10.0 Å². The lowest BCUT2D eigenvalue weighted by molar-refractivity contribution is -0.357. The van der Waals surface area contributed by atoms with Gasteiger partial charge in [0.25, 0.3) is 0 Å². The molecule has 0 spiro atoms. The Kier molecular flexibility index (Phi) is 5.74. The van der Waals surface area contributed by atoms with Crippen LogP contribution in [0.15, 0.2) is 53.4 Å². The van der Waals surface area contributed by atoms with Crippen LogP contribution < -0.4 is 0 Å². The van der Waals surface area contributed by atoms with Crippen LogP contribution >= 0.6 is 12.0 Å². The fourth-order valence-corrected chi connectivity index (χ4v) is 3.89. The van der Waals surface area contributed by atoms with Crippen molar-refractivity contribution in [3.05, 3.63) is 70.8 Å². The highest BCUT2D eigenvalue weighted by molar-refractivity contribution is 7.94. The summed E-state index contributed by atoms with van der Waals surface area (Å²) in [5.74, 6) is -0.389. The van der Waals surface area contributed by atoms with Crippen LogP contribution in [-0.4, -0.2) is 39.7 Å². The van der Waals surface area contributed by atoms with Gasteiger partial charge in [0.2, 0.25) is 0 Å². The zero-order valence-corrected chi connectivity index (χ0v) is 17.4. The average Bonchev–Trinajstić information content (AvgIpc) is 3.13. The molecule has 1 heterocycles. The number of aromatic hydroxyl groups is 1. The van der Waals surface area contributed by atoms with Gasteiger partial charge in [0, 0.05) is 29.1 Å². The summed E-state index contributed by atoms with van der Waals surface area (Å²) in [5, 5.41) is 20.6. The second kappa shape index (κ2) is 8.45. The van der Waals surface area contributed by atoms with Crippen molar-refractivity contribution in [2.45, 2.75) is 18.7 Å². The maximum absolute atomic E-state index is 13.1. The van der Waals surface area contributed by atoms with E-state index in [1.807, 2.05) is 38.1 Å². The van der Waals surface area contributed by atoms with E-state index >= 15 is 0 Å². The van der Waals surface area contributed by atoms with Crippen molar-refractivity contribution in [1.29, 1.82) is 5.41 Å². The summed E-state index contributed by atoms with van der Waals surface area (Å²) >= 11 is 1.08. The normalized spacial score (nSPS) is 12.9. The maximum Gasteiger partial charge on any atom is 0.199 e. The number of hydroxylamine groups is 2. The molecule has 0 amide bonds. The van der Waals surface area contributed by atoms with Crippen molar-refractivity contribution in [2.24, 2.45) is 0 Å². The maximum atomic E-state index is 13.1. The van der Waals surface area contributed by atoms with Gasteiger partial charge in [0.15, 0.2) is 11.7 Å². The summed E-state index contributed by atoms with van der Waals surface area (Å²) in [4.78, 5) is 22.0. The molecule has 1 aliphatic carbocycles. The van der Waals surface area contributed by atoms with Crippen LogP contribution in [0.3, 0.4) is 0 Å². The first kappa shape index (κ1) is 20.4. The van der Waals surface area contributed by atoms with Crippen LogP contribution in [0.4, 0.5) is 0 Å². The number of nitrogens with one attached hydrogen (secondary N) is 2. The van der Waals surface area contributed by atoms with Crippen LogP contribution in [0.25, 0.3) is 11.3 Å². The predicted molar refractivity (Wildman–Crippen MR) is 115 cm³/mol. The number of aromatic nitrogens is 1. The van der Waals surface area contributed by atoms with E-state index in [9.17, 15) is 9.90 Å². The molecule has 0 fully saturated rings. The molecule has 0 saturated carbocycles. The number of nitrogens with zero attached hydrogens (tertiary/aromatic N) is 1. The summed E-state index contributed by atoms with van der Waals surface area (Å²) < 4.78 is 5.19. The summed E-state index contributed by atoms with van der Waals surface area (Å²) in [6.07, 6.45) is 0. The summed E-state index contributed by atoms with van der Waals surface area (Å²) in [5.41, 5.74) is 2.89. The van der Waals surface area contributed by atoms with E-state index < -0.39 is 0 Å². The highest BCUT2D eigenvalue weighted by atomic mass is 32.2. The number of rotatable bonds is 7. The van der Waals surface area contributed by atoms with E-state index in [4.69, 9.17) is 14.7 Å². The first-order valence-corrected chi connectivity index (χ1v) is 10.3. The number of benzene rings is 2. The third-order valence-corrected chi connectivity index (χ3v) is 5.61. The summed E-state index contributed by atoms with van der Waals surface area (Å²) in [6.45, 7) is 5.36. The van der Waals surface area contributed by atoms with Gasteiger partial charge in [-0.05, 0) is 31.5 Å². The molecule has 1 aromatic heterocycles. The molecule has 0 saturated heterocycles. The highest BCUT2D eigenvalue weighted by Crippen LogP contribution is 2.39. The van der Waals surface area contributed by atoms with Crippen LogP contribution in [-0.2, 0) is 9.32 Å². The van der Waals surface area contributed by atoms with Gasteiger partial charge in [-0.15, -0.1) is 9.32 Å². The minimum absolute atomic E-state index is 0.134. The Bertz CT molecular complexity index is 1100. The Labute approximate surface area is 178 Å². The minimum atomic E-state index is -0.211. The topological polar surface area (TPSA) is 98.6 Å². The van der Waals surface area contributed by atoms with Crippen LogP contribution in [0.5, 0.6) is 5.88 Å². The van der Waals surface area contributed by atoms with E-state index in [-0.39, 0.29) is 22.9 Å². The molecule has 0 radical (unpaired) electrons. The Morgan fingerprint density at radius 1 is 1.03 bits per heavy atom. The number of carbonyl (C=O) groups excluding carboxylic acids is 1. The lowest BCUT2D eigenvalue weighted by Gasteiger charge is -2.17. The molecule has 2 aromatic carbocycles. The number of aromatic amines is 1. The Balaban J connectivity index is 1.60. The zero-order valence-electron chi connectivity index (χ0n) is 16.6. The summed E-state index contributed by atoms with van der Waals surface area (Å²) in [6, 6.07) is 14.3. The van der Waals surface area contributed by atoms with Crippen LogP contribution in [0.1, 0.15) is 40.9 Å². The quantitative estimate of drug-likeness (QED) is 0.229. The molecular weight excluding hydrogens is 402 g/mol. The lowest BCUT2D eigenvalue weighted by atomic mass is 9.84. The molecule has 154 valence electrons. The Morgan fingerprint density at radius 2 is 1.70 bits per heavy atom. The fraction of sp³-hybridized carbons (Fsp3) is 0.182. The van der Waals surface area contributed by atoms with Gasteiger partial charge < -0.3 is 10.1 Å². The number of H-pyrrole nitrogens is 1. The minimum Gasteiger partial charge on any atom is -0.494 e. The average molecular weight is 423 g/mol.